The minimum absolute atomic E-state index is 0.553. The first-order chi connectivity index (χ1) is 9.12. The van der Waals surface area contributed by atoms with Gasteiger partial charge in [0.05, 0.1) is 12.8 Å². The molecule has 1 atom stereocenters. The number of nitrogens with zero attached hydrogens (tertiary/aromatic N) is 2. The average Bonchev–Trinajstić information content (AvgIpc) is 2.83. The fourth-order valence-corrected chi connectivity index (χ4v) is 2.81. The van der Waals surface area contributed by atoms with Crippen LogP contribution in [-0.2, 0) is 11.3 Å². The summed E-state index contributed by atoms with van der Waals surface area (Å²) in [7, 11) is 1.58. The van der Waals surface area contributed by atoms with Crippen molar-refractivity contribution >= 4 is 5.97 Å². The molecule has 0 aliphatic carbocycles. The third-order valence-electron chi connectivity index (χ3n) is 3.95. The van der Waals surface area contributed by atoms with Crippen LogP contribution in [0, 0.1) is 0 Å². The zero-order valence-corrected chi connectivity index (χ0v) is 11.4. The van der Waals surface area contributed by atoms with Gasteiger partial charge in [-0.05, 0) is 31.9 Å². The maximum Gasteiger partial charge on any atom is 0.324 e. The fourth-order valence-electron chi connectivity index (χ4n) is 2.81. The lowest BCUT2D eigenvalue weighted by Crippen LogP contribution is -2.49. The number of aliphatic carboxylic acids is 1. The molecule has 2 heterocycles. The molecule has 1 N–H and O–H groups in total. The molecule has 19 heavy (non-hydrogen) atoms. The minimum Gasteiger partial charge on any atom is -0.481 e. The Kier molecular flexibility index (Phi) is 4.04. The number of aromatic nitrogens is 1. The fraction of sp³-hybridized carbons (Fsp3) is 0.571. The number of hydrogen-bond donors (Lipinski definition) is 1. The Labute approximate surface area is 113 Å². The number of hydrogen-bond acceptors (Lipinski definition) is 4. The van der Waals surface area contributed by atoms with E-state index in [4.69, 9.17) is 4.74 Å². The lowest BCUT2D eigenvalue weighted by Gasteiger charge is -2.33. The molecule has 5 heteroatoms. The molecule has 1 unspecified atom stereocenters. The van der Waals surface area contributed by atoms with Crippen LogP contribution in [0.3, 0.4) is 0 Å². The maximum atomic E-state index is 11.6. The van der Waals surface area contributed by atoms with Gasteiger partial charge in [-0.25, -0.2) is 4.98 Å². The van der Waals surface area contributed by atoms with Gasteiger partial charge in [0.2, 0.25) is 5.88 Å². The quantitative estimate of drug-likeness (QED) is 0.880. The van der Waals surface area contributed by atoms with E-state index in [2.05, 4.69) is 4.98 Å². The predicted octanol–water partition coefficient (Wildman–Crippen LogP) is 1.92. The second-order valence-corrected chi connectivity index (χ2v) is 4.89. The molecule has 1 aromatic heterocycles. The molecule has 1 aliphatic heterocycles. The highest BCUT2D eigenvalue weighted by Crippen LogP contribution is 2.33. The summed E-state index contributed by atoms with van der Waals surface area (Å²) in [6.07, 6.45) is 2.25. The standard InChI is InChI=1S/C14H20N2O3/c1-3-14(13(17)18)8-5-9-16(14)10-11-6-4-7-12(15-11)19-2/h4,6-7H,3,5,8-10H2,1-2H3,(H,17,18). The molecule has 0 bridgehead atoms. The van der Waals surface area contributed by atoms with Crippen LogP contribution in [0.15, 0.2) is 18.2 Å². The Morgan fingerprint density at radius 2 is 2.37 bits per heavy atom. The second kappa shape index (κ2) is 5.57. The van der Waals surface area contributed by atoms with Gasteiger partial charge in [0, 0.05) is 12.6 Å². The number of carbonyl (C=O) groups is 1. The Hall–Kier alpha value is -1.62. The highest BCUT2D eigenvalue weighted by molar-refractivity contribution is 5.79. The van der Waals surface area contributed by atoms with Gasteiger partial charge in [-0.3, -0.25) is 9.69 Å². The summed E-state index contributed by atoms with van der Waals surface area (Å²) in [6.45, 7) is 3.29. The van der Waals surface area contributed by atoms with Crippen molar-refractivity contribution in [1.82, 2.24) is 9.88 Å². The van der Waals surface area contributed by atoms with Gasteiger partial charge in [-0.15, -0.1) is 0 Å². The largest absolute Gasteiger partial charge is 0.481 e. The van der Waals surface area contributed by atoms with Crippen molar-refractivity contribution in [2.45, 2.75) is 38.3 Å². The summed E-state index contributed by atoms with van der Waals surface area (Å²) in [5.74, 6) is -0.162. The van der Waals surface area contributed by atoms with Crippen LogP contribution in [0.25, 0.3) is 0 Å². The normalized spacial score (nSPS) is 23.5. The van der Waals surface area contributed by atoms with Crippen LogP contribution in [0.4, 0.5) is 0 Å². The SMILES string of the molecule is CCC1(C(=O)O)CCCN1Cc1cccc(OC)n1. The highest BCUT2D eigenvalue weighted by Gasteiger charge is 2.46. The molecular weight excluding hydrogens is 244 g/mol. The van der Waals surface area contributed by atoms with E-state index in [1.54, 1.807) is 13.2 Å². The third-order valence-corrected chi connectivity index (χ3v) is 3.95. The molecule has 104 valence electrons. The molecule has 1 fully saturated rings. The lowest BCUT2D eigenvalue weighted by molar-refractivity contribution is -0.150. The van der Waals surface area contributed by atoms with Crippen LogP contribution < -0.4 is 4.74 Å². The van der Waals surface area contributed by atoms with Crippen molar-refractivity contribution < 1.29 is 14.6 Å². The number of likely N-dealkylation sites (tertiary alicyclic amines) is 1. The first-order valence-electron chi connectivity index (χ1n) is 6.61. The number of carboxylic acid groups (broad SMARTS) is 1. The molecule has 0 saturated carbocycles. The van der Waals surface area contributed by atoms with E-state index in [1.807, 2.05) is 24.0 Å². The molecule has 0 radical (unpaired) electrons. The summed E-state index contributed by atoms with van der Waals surface area (Å²) in [6, 6.07) is 5.58. The summed E-state index contributed by atoms with van der Waals surface area (Å²) >= 11 is 0. The van der Waals surface area contributed by atoms with Crippen LogP contribution in [0.5, 0.6) is 5.88 Å². The summed E-state index contributed by atoms with van der Waals surface area (Å²) < 4.78 is 5.10. The van der Waals surface area contributed by atoms with Gasteiger partial charge >= 0.3 is 5.97 Å². The van der Waals surface area contributed by atoms with Crippen molar-refractivity contribution in [2.75, 3.05) is 13.7 Å². The number of pyridine rings is 1. The Morgan fingerprint density at radius 3 is 3.00 bits per heavy atom. The summed E-state index contributed by atoms with van der Waals surface area (Å²) in [5, 5.41) is 9.53. The number of carboxylic acids is 1. The van der Waals surface area contributed by atoms with Crippen molar-refractivity contribution in [3.8, 4) is 5.88 Å². The van der Waals surface area contributed by atoms with Crippen LogP contribution in [-0.4, -0.2) is 40.2 Å². The third kappa shape index (κ3) is 2.56. The van der Waals surface area contributed by atoms with Crippen molar-refractivity contribution in [2.24, 2.45) is 0 Å². The van der Waals surface area contributed by atoms with Crippen molar-refractivity contribution in [3.63, 3.8) is 0 Å². The van der Waals surface area contributed by atoms with Crippen molar-refractivity contribution in [1.29, 1.82) is 0 Å². The first-order valence-corrected chi connectivity index (χ1v) is 6.61. The summed E-state index contributed by atoms with van der Waals surface area (Å²) in [5.41, 5.74) is 0.116. The zero-order chi connectivity index (χ0) is 13.9. The summed E-state index contributed by atoms with van der Waals surface area (Å²) in [4.78, 5) is 18.0. The Balaban J connectivity index is 2.19. The van der Waals surface area contributed by atoms with Crippen molar-refractivity contribution in [3.05, 3.63) is 23.9 Å². The monoisotopic (exact) mass is 264 g/mol. The lowest BCUT2D eigenvalue weighted by atomic mass is 9.93. The number of methoxy groups -OCH3 is 1. The topological polar surface area (TPSA) is 62.7 Å². The van der Waals surface area contributed by atoms with Crippen LogP contribution in [0.2, 0.25) is 0 Å². The molecular formula is C14H20N2O3. The highest BCUT2D eigenvalue weighted by atomic mass is 16.5. The Bertz CT molecular complexity index is 464. The minimum atomic E-state index is -0.731. The van der Waals surface area contributed by atoms with E-state index in [0.717, 1.165) is 18.7 Å². The zero-order valence-electron chi connectivity index (χ0n) is 11.4. The van der Waals surface area contributed by atoms with Gasteiger partial charge in [0.15, 0.2) is 0 Å². The van der Waals surface area contributed by atoms with E-state index in [0.29, 0.717) is 25.3 Å². The number of ether oxygens (including phenoxy) is 1. The van der Waals surface area contributed by atoms with E-state index in [1.165, 1.54) is 0 Å². The molecule has 0 aromatic carbocycles. The van der Waals surface area contributed by atoms with E-state index >= 15 is 0 Å². The van der Waals surface area contributed by atoms with E-state index < -0.39 is 11.5 Å². The molecule has 1 aliphatic rings. The molecule has 0 amide bonds. The van der Waals surface area contributed by atoms with Crippen LogP contribution >= 0.6 is 0 Å². The number of rotatable bonds is 5. The molecule has 0 spiro atoms. The van der Waals surface area contributed by atoms with Gasteiger partial charge in [-0.2, -0.15) is 0 Å². The van der Waals surface area contributed by atoms with Gasteiger partial charge in [0.1, 0.15) is 5.54 Å². The van der Waals surface area contributed by atoms with E-state index in [9.17, 15) is 9.90 Å². The Morgan fingerprint density at radius 1 is 1.58 bits per heavy atom. The van der Waals surface area contributed by atoms with Gasteiger partial charge < -0.3 is 9.84 Å². The molecule has 1 saturated heterocycles. The van der Waals surface area contributed by atoms with E-state index in [-0.39, 0.29) is 0 Å². The second-order valence-electron chi connectivity index (χ2n) is 4.89. The maximum absolute atomic E-state index is 11.6. The first kappa shape index (κ1) is 13.8. The van der Waals surface area contributed by atoms with Crippen LogP contribution in [0.1, 0.15) is 31.9 Å². The molecule has 5 nitrogen and oxygen atoms in total. The molecule has 2 rings (SSSR count). The van der Waals surface area contributed by atoms with Gasteiger partial charge in [-0.1, -0.05) is 13.0 Å². The smallest absolute Gasteiger partial charge is 0.324 e. The molecule has 1 aromatic rings. The average molecular weight is 264 g/mol. The predicted molar refractivity (Wildman–Crippen MR) is 71.1 cm³/mol. The van der Waals surface area contributed by atoms with Gasteiger partial charge in [0.25, 0.3) is 0 Å².